The van der Waals surface area contributed by atoms with E-state index in [1.165, 1.54) is 18.2 Å². The van der Waals surface area contributed by atoms with Crippen LogP contribution < -0.4 is 14.2 Å². The number of rotatable bonds is 10. The van der Waals surface area contributed by atoms with Gasteiger partial charge in [-0.05, 0) is 92.5 Å². The van der Waals surface area contributed by atoms with Crippen LogP contribution in [0.3, 0.4) is 0 Å². The molecule has 1 saturated carbocycles. The normalized spacial score (nSPS) is 17.1. The predicted octanol–water partition coefficient (Wildman–Crippen LogP) is 8.00. The van der Waals surface area contributed by atoms with Gasteiger partial charge in [0.2, 0.25) is 5.82 Å². The van der Waals surface area contributed by atoms with E-state index in [0.717, 1.165) is 5.56 Å². The molecule has 0 saturated heterocycles. The van der Waals surface area contributed by atoms with Crippen molar-refractivity contribution in [1.29, 1.82) is 0 Å². The van der Waals surface area contributed by atoms with Crippen molar-refractivity contribution in [2.45, 2.75) is 44.9 Å². The lowest BCUT2D eigenvalue weighted by molar-refractivity contribution is -0.140. The summed E-state index contributed by atoms with van der Waals surface area (Å²) in [5.74, 6) is -3.23. The quantitative estimate of drug-likeness (QED) is 0.117. The number of hydrogen-bond donors (Lipinski definition) is 0. The van der Waals surface area contributed by atoms with Gasteiger partial charge in [-0.2, -0.15) is 4.39 Å². The summed E-state index contributed by atoms with van der Waals surface area (Å²) in [6, 6.07) is 14.3. The molecule has 0 amide bonds. The van der Waals surface area contributed by atoms with Crippen LogP contribution in [0.4, 0.5) is 13.2 Å². The minimum Gasteiger partial charge on any atom is -0.494 e. The van der Waals surface area contributed by atoms with Gasteiger partial charge in [0.15, 0.2) is 23.1 Å². The second-order valence-electron chi connectivity index (χ2n) is 9.28. The third kappa shape index (κ3) is 6.39. The number of carbonyl (C=O) groups is 1. The molecule has 7 heteroatoms. The maximum atomic E-state index is 14.8. The van der Waals surface area contributed by atoms with Gasteiger partial charge in [0, 0.05) is 5.56 Å². The third-order valence-corrected chi connectivity index (χ3v) is 6.80. The molecule has 0 aromatic heterocycles. The highest BCUT2D eigenvalue weighted by atomic mass is 19.2. The molecule has 0 N–H and O–H groups in total. The van der Waals surface area contributed by atoms with Gasteiger partial charge in [-0.3, -0.25) is 4.79 Å². The van der Waals surface area contributed by atoms with Crippen molar-refractivity contribution in [2.75, 3.05) is 13.2 Å². The van der Waals surface area contributed by atoms with E-state index in [2.05, 4.69) is 6.58 Å². The van der Waals surface area contributed by atoms with E-state index in [9.17, 15) is 18.0 Å². The minimum atomic E-state index is -1.20. The van der Waals surface area contributed by atoms with Crippen molar-refractivity contribution in [3.63, 3.8) is 0 Å². The molecule has 0 spiro atoms. The monoisotopic (exact) mass is 524 g/mol. The predicted molar refractivity (Wildman–Crippen MR) is 140 cm³/mol. The van der Waals surface area contributed by atoms with Crippen LogP contribution in [0, 0.1) is 23.4 Å². The molecule has 4 rings (SSSR count). The average Bonchev–Trinajstić information content (AvgIpc) is 2.93. The highest BCUT2D eigenvalue weighted by Gasteiger charge is 2.30. The Labute approximate surface area is 221 Å². The van der Waals surface area contributed by atoms with Crippen LogP contribution in [0.1, 0.15) is 50.5 Å². The lowest BCUT2D eigenvalue weighted by Gasteiger charge is -2.27. The van der Waals surface area contributed by atoms with Crippen molar-refractivity contribution in [3.05, 3.63) is 90.3 Å². The number of esters is 1. The fourth-order valence-corrected chi connectivity index (χ4v) is 4.73. The molecule has 200 valence electrons. The molecule has 0 radical (unpaired) electrons. The third-order valence-electron chi connectivity index (χ3n) is 6.80. The van der Waals surface area contributed by atoms with Crippen molar-refractivity contribution >= 4 is 5.97 Å². The number of halogens is 3. The topological polar surface area (TPSA) is 44.8 Å². The lowest BCUT2D eigenvalue weighted by Crippen LogP contribution is -2.25. The van der Waals surface area contributed by atoms with E-state index in [0.29, 0.717) is 56.6 Å². The van der Waals surface area contributed by atoms with Crippen LogP contribution in [0.25, 0.3) is 11.1 Å². The van der Waals surface area contributed by atoms with Crippen LogP contribution in [0.15, 0.2) is 67.3 Å². The van der Waals surface area contributed by atoms with E-state index in [1.54, 1.807) is 36.4 Å². The average molecular weight is 525 g/mol. The number of ether oxygens (including phenoxy) is 3. The molecular formula is C31H31F3O4. The molecule has 0 aliphatic heterocycles. The first kappa shape index (κ1) is 27.3. The first-order valence-corrected chi connectivity index (χ1v) is 12.9. The van der Waals surface area contributed by atoms with Crippen LogP contribution in [0.5, 0.6) is 17.2 Å². The molecule has 1 aliphatic carbocycles. The fourth-order valence-electron chi connectivity index (χ4n) is 4.73. The summed E-state index contributed by atoms with van der Waals surface area (Å²) in [5, 5.41) is 0. The summed E-state index contributed by atoms with van der Waals surface area (Å²) in [5.41, 5.74) is 1.40. The molecule has 3 aromatic carbocycles. The van der Waals surface area contributed by atoms with Crippen LogP contribution in [0.2, 0.25) is 0 Å². The molecule has 3 aromatic rings. The summed E-state index contributed by atoms with van der Waals surface area (Å²) in [6.45, 7) is 6.34. The molecular weight excluding hydrogens is 493 g/mol. The van der Waals surface area contributed by atoms with E-state index in [1.807, 2.05) is 13.0 Å². The second kappa shape index (κ2) is 12.7. The summed E-state index contributed by atoms with van der Waals surface area (Å²) in [7, 11) is 0. The fraction of sp³-hybridized carbons (Fsp3) is 0.323. The Morgan fingerprint density at radius 3 is 2.29 bits per heavy atom. The Kier molecular flexibility index (Phi) is 9.10. The van der Waals surface area contributed by atoms with Crippen molar-refractivity contribution in [1.82, 2.24) is 0 Å². The zero-order chi connectivity index (χ0) is 27.1. The van der Waals surface area contributed by atoms with E-state index in [4.69, 9.17) is 14.2 Å². The summed E-state index contributed by atoms with van der Waals surface area (Å²) < 4.78 is 60.1. The van der Waals surface area contributed by atoms with Gasteiger partial charge in [0.25, 0.3) is 0 Å². The first-order valence-electron chi connectivity index (χ1n) is 12.9. The van der Waals surface area contributed by atoms with Crippen LogP contribution in [-0.2, 0) is 4.79 Å². The summed E-state index contributed by atoms with van der Waals surface area (Å²) in [6.07, 6.45) is 4.67. The molecule has 0 atom stereocenters. The number of hydrogen-bond acceptors (Lipinski definition) is 4. The Morgan fingerprint density at radius 1 is 0.921 bits per heavy atom. The summed E-state index contributed by atoms with van der Waals surface area (Å²) in [4.78, 5) is 12.7. The second-order valence-corrected chi connectivity index (χ2v) is 9.28. The van der Waals surface area contributed by atoms with Gasteiger partial charge in [0.05, 0.1) is 19.1 Å². The lowest BCUT2D eigenvalue weighted by atomic mass is 9.78. The highest BCUT2D eigenvalue weighted by Crippen LogP contribution is 2.38. The zero-order valence-corrected chi connectivity index (χ0v) is 21.4. The number of benzene rings is 3. The SMILES string of the molecule is C=CCCOc1ccc(C2CCC(C(=O)Oc3ccc(-c4ccc(OCC)cc4)c(F)c3F)CC2)cc1F. The van der Waals surface area contributed by atoms with Gasteiger partial charge < -0.3 is 14.2 Å². The maximum absolute atomic E-state index is 14.8. The largest absolute Gasteiger partial charge is 0.494 e. The molecule has 0 heterocycles. The van der Waals surface area contributed by atoms with Gasteiger partial charge >= 0.3 is 5.97 Å². The van der Waals surface area contributed by atoms with Gasteiger partial charge in [-0.1, -0.05) is 24.3 Å². The van der Waals surface area contributed by atoms with Crippen LogP contribution >= 0.6 is 0 Å². The zero-order valence-electron chi connectivity index (χ0n) is 21.4. The maximum Gasteiger partial charge on any atom is 0.314 e. The van der Waals surface area contributed by atoms with Crippen LogP contribution in [-0.4, -0.2) is 19.2 Å². The molecule has 38 heavy (non-hydrogen) atoms. The standard InChI is InChI=1S/C31H31F3O4/c1-3-5-18-37-27-16-12-23(19-26(27)32)20-6-8-22(9-7-20)31(35)38-28-17-15-25(29(33)30(28)34)21-10-13-24(14-11-21)36-4-2/h3,10-17,19-20,22H,1,4-9,18H2,2H3. The highest BCUT2D eigenvalue weighted by molar-refractivity contribution is 5.76. The molecule has 1 fully saturated rings. The van der Waals surface area contributed by atoms with Crippen molar-refractivity contribution < 1.29 is 32.2 Å². The minimum absolute atomic E-state index is 0.0650. The van der Waals surface area contributed by atoms with Crippen molar-refractivity contribution in [3.8, 4) is 28.4 Å². The Bertz CT molecular complexity index is 1260. The molecule has 1 aliphatic rings. The van der Waals surface area contributed by atoms with E-state index < -0.39 is 35.1 Å². The Hall–Kier alpha value is -3.74. The summed E-state index contributed by atoms with van der Waals surface area (Å²) >= 11 is 0. The van der Waals surface area contributed by atoms with Crippen molar-refractivity contribution in [2.24, 2.45) is 5.92 Å². The molecule has 4 nitrogen and oxygen atoms in total. The number of carbonyl (C=O) groups excluding carboxylic acids is 1. The van der Waals surface area contributed by atoms with E-state index >= 15 is 0 Å². The molecule has 0 bridgehead atoms. The van der Waals surface area contributed by atoms with Gasteiger partial charge in [0.1, 0.15) is 5.75 Å². The smallest absolute Gasteiger partial charge is 0.314 e. The molecule has 0 unspecified atom stereocenters. The van der Waals surface area contributed by atoms with Gasteiger partial charge in [-0.25, -0.2) is 8.78 Å². The Balaban J connectivity index is 1.35. The van der Waals surface area contributed by atoms with Gasteiger partial charge in [-0.15, -0.1) is 6.58 Å². The Morgan fingerprint density at radius 2 is 1.63 bits per heavy atom. The first-order chi connectivity index (χ1) is 18.4. The van der Waals surface area contributed by atoms with E-state index in [-0.39, 0.29) is 17.2 Å².